The second kappa shape index (κ2) is 14.9. The van der Waals surface area contributed by atoms with E-state index >= 15 is 0 Å². The van der Waals surface area contributed by atoms with E-state index in [2.05, 4.69) is 59.2 Å². The van der Waals surface area contributed by atoms with Crippen LogP contribution in [0, 0.1) is 20.8 Å². The van der Waals surface area contributed by atoms with E-state index in [9.17, 15) is 8.42 Å². The number of halogens is 1. The first-order chi connectivity index (χ1) is 23.6. The van der Waals surface area contributed by atoms with Crippen molar-refractivity contribution in [2.24, 2.45) is 7.05 Å². The molecule has 0 bridgehead atoms. The zero-order valence-corrected chi connectivity index (χ0v) is 30.8. The van der Waals surface area contributed by atoms with Gasteiger partial charge in [-0.1, -0.05) is 11.6 Å². The lowest BCUT2D eigenvalue weighted by Gasteiger charge is -2.23. The molecule has 2 heterocycles. The SMILES string of the molecule is COc1ccc(S(=O)(=O)N(CCCCNc2c3c([nH+]c4c(C)cc(C)cc24)CCCC3)CCNc2cc(C)[n+](C)c3ccc(Cl)cc23)cc1. The van der Waals surface area contributed by atoms with E-state index in [0.717, 1.165) is 54.5 Å². The molecule has 258 valence electrons. The third-order valence-electron chi connectivity index (χ3n) is 9.80. The molecule has 0 radical (unpaired) electrons. The van der Waals surface area contributed by atoms with Crippen LogP contribution in [-0.4, -0.2) is 46.0 Å². The van der Waals surface area contributed by atoms with Crippen molar-refractivity contribution >= 4 is 54.8 Å². The van der Waals surface area contributed by atoms with Crippen molar-refractivity contribution in [3.8, 4) is 5.75 Å². The van der Waals surface area contributed by atoms with Crippen LogP contribution in [0.3, 0.4) is 0 Å². The summed E-state index contributed by atoms with van der Waals surface area (Å²) in [6, 6.07) is 19.1. The Morgan fingerprint density at radius 3 is 2.45 bits per heavy atom. The number of nitrogens with one attached hydrogen (secondary N) is 3. The number of benzene rings is 3. The topological polar surface area (TPSA) is 88.7 Å². The Kier molecular flexibility index (Phi) is 10.6. The largest absolute Gasteiger partial charge is 0.497 e. The van der Waals surface area contributed by atoms with Gasteiger partial charge < -0.3 is 15.4 Å². The van der Waals surface area contributed by atoms with E-state index in [1.54, 1.807) is 35.7 Å². The highest BCUT2D eigenvalue weighted by molar-refractivity contribution is 7.89. The highest BCUT2D eigenvalue weighted by Crippen LogP contribution is 2.33. The van der Waals surface area contributed by atoms with Gasteiger partial charge in [-0.2, -0.15) is 8.87 Å². The van der Waals surface area contributed by atoms with E-state index in [-0.39, 0.29) is 4.90 Å². The van der Waals surface area contributed by atoms with Gasteiger partial charge in [0.2, 0.25) is 21.1 Å². The third-order valence-corrected chi connectivity index (χ3v) is 11.9. The zero-order valence-electron chi connectivity index (χ0n) is 29.2. The maximum Gasteiger partial charge on any atom is 0.243 e. The van der Waals surface area contributed by atoms with Crippen molar-refractivity contribution in [1.82, 2.24) is 4.31 Å². The highest BCUT2D eigenvalue weighted by atomic mass is 35.5. The lowest BCUT2D eigenvalue weighted by atomic mass is 9.91. The number of ether oxygens (including phenoxy) is 1. The quantitative estimate of drug-likeness (QED) is 0.101. The summed E-state index contributed by atoms with van der Waals surface area (Å²) in [4.78, 5) is 4.01. The summed E-state index contributed by atoms with van der Waals surface area (Å²) in [7, 11) is -0.140. The van der Waals surface area contributed by atoms with Gasteiger partial charge in [0.25, 0.3) is 0 Å². The van der Waals surface area contributed by atoms with E-state index in [1.165, 1.54) is 51.8 Å². The number of hydrogen-bond acceptors (Lipinski definition) is 5. The summed E-state index contributed by atoms with van der Waals surface area (Å²) in [6.45, 7) is 8.32. The van der Waals surface area contributed by atoms with Crippen molar-refractivity contribution in [1.29, 1.82) is 0 Å². The second-order valence-electron chi connectivity index (χ2n) is 13.2. The molecular weight excluding hydrogens is 654 g/mol. The van der Waals surface area contributed by atoms with Crippen molar-refractivity contribution in [3.05, 3.63) is 93.8 Å². The number of H-pyrrole nitrogens is 1. The lowest BCUT2D eigenvalue weighted by molar-refractivity contribution is -0.651. The number of aromatic amines is 1. The summed E-state index contributed by atoms with van der Waals surface area (Å²) in [5, 5.41) is 10.2. The van der Waals surface area contributed by atoms with Crippen LogP contribution in [0.15, 0.2) is 65.6 Å². The maximum atomic E-state index is 14.0. The smallest absolute Gasteiger partial charge is 0.243 e. The van der Waals surface area contributed by atoms with Crippen LogP contribution in [0.1, 0.15) is 53.8 Å². The molecule has 5 aromatic rings. The second-order valence-corrected chi connectivity index (χ2v) is 15.6. The normalized spacial score (nSPS) is 13.2. The number of hydrogen-bond donors (Lipinski definition) is 2. The van der Waals surface area contributed by atoms with Gasteiger partial charge in [-0.05, 0) is 100 Å². The van der Waals surface area contributed by atoms with Crippen LogP contribution >= 0.6 is 11.6 Å². The minimum atomic E-state index is -3.75. The van der Waals surface area contributed by atoms with Gasteiger partial charge in [0, 0.05) is 67.8 Å². The van der Waals surface area contributed by atoms with Crippen LogP contribution in [-0.2, 0) is 29.9 Å². The van der Waals surface area contributed by atoms with Gasteiger partial charge in [-0.3, -0.25) is 0 Å². The Morgan fingerprint density at radius 1 is 0.898 bits per heavy atom. The Hall–Kier alpha value is -3.92. The summed E-state index contributed by atoms with van der Waals surface area (Å²) in [5.74, 6) is 0.620. The Labute approximate surface area is 295 Å². The first-order valence-corrected chi connectivity index (χ1v) is 19.1. The number of rotatable bonds is 13. The van der Waals surface area contributed by atoms with Gasteiger partial charge >= 0.3 is 0 Å². The average molecular weight is 702 g/mol. The fraction of sp³-hybridized carbons (Fsp3) is 0.385. The molecular formula is C39H48ClN5O3S+2. The monoisotopic (exact) mass is 701 g/mol. The van der Waals surface area contributed by atoms with Gasteiger partial charge in [0.15, 0.2) is 11.4 Å². The molecule has 3 aromatic carbocycles. The fourth-order valence-corrected chi connectivity index (χ4v) is 8.74. The number of pyridine rings is 2. The summed E-state index contributed by atoms with van der Waals surface area (Å²) in [6.07, 6.45) is 6.10. The summed E-state index contributed by atoms with van der Waals surface area (Å²) >= 11 is 6.38. The van der Waals surface area contributed by atoms with E-state index in [1.807, 2.05) is 25.2 Å². The van der Waals surface area contributed by atoms with Crippen molar-refractivity contribution in [2.75, 3.05) is 43.9 Å². The average Bonchev–Trinajstić information content (AvgIpc) is 3.09. The molecule has 0 aliphatic heterocycles. The first kappa shape index (κ1) is 34.9. The van der Waals surface area contributed by atoms with E-state index < -0.39 is 10.0 Å². The maximum absolute atomic E-state index is 14.0. The molecule has 1 aliphatic carbocycles. The van der Waals surface area contributed by atoms with Crippen molar-refractivity contribution < 1.29 is 22.7 Å². The molecule has 0 spiro atoms. The Morgan fingerprint density at radius 2 is 1.67 bits per heavy atom. The third kappa shape index (κ3) is 7.49. The summed E-state index contributed by atoms with van der Waals surface area (Å²) in [5.41, 5.74) is 10.8. The summed E-state index contributed by atoms with van der Waals surface area (Å²) < 4.78 is 37.0. The van der Waals surface area contributed by atoms with Gasteiger partial charge in [0.1, 0.15) is 12.8 Å². The van der Waals surface area contributed by atoms with Crippen LogP contribution in [0.25, 0.3) is 21.8 Å². The minimum absolute atomic E-state index is 0.260. The van der Waals surface area contributed by atoms with E-state index in [4.69, 9.17) is 16.3 Å². The van der Waals surface area contributed by atoms with Crippen molar-refractivity contribution in [3.63, 3.8) is 0 Å². The van der Waals surface area contributed by atoms with Crippen LogP contribution in [0.4, 0.5) is 11.4 Å². The standard InChI is InChI=1S/C39H46ClN5O3S/c1-26-22-27(2)38-34(23-26)39(32-10-6-7-11-35(32)43-38)42-18-8-9-20-45(49(46,47)31-15-13-30(48-5)14-16-31)21-19-41-36-24-28(3)44(4)37-17-12-29(40)25-33(36)37/h12-17,22-25H,6-11,18-21H2,1-5H3,(H,42,43)/p+2. The number of anilines is 2. The van der Waals surface area contributed by atoms with Gasteiger partial charge in [0.05, 0.1) is 34.2 Å². The van der Waals surface area contributed by atoms with Gasteiger partial charge in [-0.25, -0.2) is 13.4 Å². The molecule has 0 saturated carbocycles. The molecule has 49 heavy (non-hydrogen) atoms. The lowest BCUT2D eigenvalue weighted by Crippen LogP contribution is -2.36. The molecule has 0 fully saturated rings. The predicted molar refractivity (Wildman–Crippen MR) is 199 cm³/mol. The molecule has 0 unspecified atom stereocenters. The molecule has 8 nitrogen and oxygen atoms in total. The van der Waals surface area contributed by atoms with Crippen LogP contribution in [0.5, 0.6) is 5.75 Å². The Bertz CT molecular complexity index is 2100. The van der Waals surface area contributed by atoms with Crippen LogP contribution < -0.4 is 24.9 Å². The zero-order chi connectivity index (χ0) is 34.7. The number of fused-ring (bicyclic) bond motifs is 3. The fourth-order valence-electron chi connectivity index (χ4n) is 7.09. The number of aryl methyl sites for hydroxylation is 5. The van der Waals surface area contributed by atoms with Gasteiger partial charge in [-0.15, -0.1) is 0 Å². The van der Waals surface area contributed by atoms with Crippen LogP contribution in [0.2, 0.25) is 5.02 Å². The molecule has 3 N–H and O–H groups in total. The Balaban J connectivity index is 1.18. The molecule has 0 atom stereocenters. The predicted octanol–water partition coefficient (Wildman–Crippen LogP) is 7.09. The number of sulfonamides is 1. The molecule has 0 saturated heterocycles. The molecule has 6 rings (SSSR count). The highest BCUT2D eigenvalue weighted by Gasteiger charge is 2.26. The number of unbranched alkanes of at least 4 members (excludes halogenated alkanes) is 1. The molecule has 0 amide bonds. The number of methoxy groups -OCH3 is 1. The molecule has 2 aromatic heterocycles. The number of aromatic nitrogens is 2. The minimum Gasteiger partial charge on any atom is -0.497 e. The molecule has 10 heteroatoms. The first-order valence-electron chi connectivity index (χ1n) is 17.3. The number of nitrogens with zero attached hydrogens (tertiary/aromatic N) is 2. The molecule has 1 aliphatic rings. The van der Waals surface area contributed by atoms with Crippen molar-refractivity contribution in [2.45, 2.75) is 64.2 Å². The van der Waals surface area contributed by atoms with E-state index in [0.29, 0.717) is 30.4 Å².